The van der Waals surface area contributed by atoms with E-state index in [1.807, 2.05) is 11.3 Å². The summed E-state index contributed by atoms with van der Waals surface area (Å²) in [6.45, 7) is 2.13. The van der Waals surface area contributed by atoms with Crippen LogP contribution in [0.1, 0.15) is 19.5 Å². The highest BCUT2D eigenvalue weighted by Gasteiger charge is 2.16. The molecule has 2 heterocycles. The molecule has 14 heavy (non-hydrogen) atoms. The van der Waals surface area contributed by atoms with Gasteiger partial charge in [-0.1, -0.05) is 22.0 Å². The summed E-state index contributed by atoms with van der Waals surface area (Å²) in [6.07, 6.45) is 0. The van der Waals surface area contributed by atoms with E-state index >= 15 is 0 Å². The second-order valence-corrected chi connectivity index (χ2v) is 6.98. The minimum absolute atomic E-state index is 0.329. The molecule has 0 amide bonds. The van der Waals surface area contributed by atoms with Crippen LogP contribution in [0.2, 0.25) is 0 Å². The Labute approximate surface area is 108 Å². The third-order valence-electron chi connectivity index (χ3n) is 1.86. The molecule has 0 aliphatic carbocycles. The quantitative estimate of drug-likeness (QED) is 0.638. The summed E-state index contributed by atoms with van der Waals surface area (Å²) in [6, 6.07) is 6.41. The molecule has 0 aromatic carbocycles. The Balaban J connectivity index is 2.36. The van der Waals surface area contributed by atoms with Crippen molar-refractivity contribution in [1.29, 1.82) is 0 Å². The zero-order valence-electron chi connectivity index (χ0n) is 7.46. The van der Waals surface area contributed by atoms with Crippen LogP contribution >= 0.6 is 54.5 Å². The largest absolute Gasteiger partial charge is 0.147 e. The summed E-state index contributed by atoms with van der Waals surface area (Å²) in [7, 11) is 0. The van der Waals surface area contributed by atoms with E-state index in [1.54, 1.807) is 11.3 Å². The molecular weight excluding hydrogens is 344 g/mol. The standard InChI is InChI=1S/C10H8Br2S2/c1-6-5-7(11)10(14-6)9(12)8-3-2-4-13-8/h2-5,9H,1H3. The van der Waals surface area contributed by atoms with Crippen molar-refractivity contribution >= 4 is 54.5 Å². The molecule has 0 saturated heterocycles. The van der Waals surface area contributed by atoms with Crippen molar-refractivity contribution in [3.63, 3.8) is 0 Å². The van der Waals surface area contributed by atoms with Crippen LogP contribution in [-0.4, -0.2) is 0 Å². The number of aryl methyl sites for hydroxylation is 1. The maximum atomic E-state index is 3.73. The lowest BCUT2D eigenvalue weighted by molar-refractivity contribution is 1.27. The molecule has 2 aromatic rings. The van der Waals surface area contributed by atoms with Crippen molar-refractivity contribution in [1.82, 2.24) is 0 Å². The lowest BCUT2D eigenvalue weighted by atomic mass is 10.3. The fourth-order valence-corrected chi connectivity index (χ4v) is 5.21. The van der Waals surface area contributed by atoms with Crippen molar-refractivity contribution in [2.24, 2.45) is 0 Å². The number of halogens is 2. The molecule has 1 unspecified atom stereocenters. The van der Waals surface area contributed by atoms with Gasteiger partial charge in [0.2, 0.25) is 0 Å². The maximum absolute atomic E-state index is 3.73. The van der Waals surface area contributed by atoms with Gasteiger partial charge in [-0.25, -0.2) is 0 Å². The van der Waals surface area contributed by atoms with Gasteiger partial charge >= 0.3 is 0 Å². The zero-order valence-corrected chi connectivity index (χ0v) is 12.3. The Morgan fingerprint density at radius 2 is 2.21 bits per heavy atom. The van der Waals surface area contributed by atoms with E-state index in [-0.39, 0.29) is 0 Å². The van der Waals surface area contributed by atoms with E-state index < -0.39 is 0 Å². The number of hydrogen-bond donors (Lipinski definition) is 0. The van der Waals surface area contributed by atoms with Gasteiger partial charge in [0.05, 0.1) is 4.83 Å². The molecule has 0 N–H and O–H groups in total. The minimum atomic E-state index is 0.329. The van der Waals surface area contributed by atoms with Crippen LogP contribution in [0, 0.1) is 6.92 Å². The van der Waals surface area contributed by atoms with E-state index in [9.17, 15) is 0 Å². The number of hydrogen-bond acceptors (Lipinski definition) is 2. The predicted octanol–water partition coefficient (Wildman–Crippen LogP) is 5.36. The number of rotatable bonds is 2. The van der Waals surface area contributed by atoms with Gasteiger partial charge in [0.1, 0.15) is 0 Å². The van der Waals surface area contributed by atoms with Gasteiger partial charge in [0.15, 0.2) is 0 Å². The van der Waals surface area contributed by atoms with Crippen LogP contribution < -0.4 is 0 Å². The Morgan fingerprint density at radius 1 is 1.43 bits per heavy atom. The first kappa shape index (κ1) is 10.9. The number of thiophene rings is 2. The van der Waals surface area contributed by atoms with Gasteiger partial charge in [0.25, 0.3) is 0 Å². The van der Waals surface area contributed by atoms with Crippen LogP contribution in [0.4, 0.5) is 0 Å². The fraction of sp³-hybridized carbons (Fsp3) is 0.200. The maximum Gasteiger partial charge on any atom is 0.0842 e. The first-order chi connectivity index (χ1) is 6.68. The number of alkyl halides is 1. The van der Waals surface area contributed by atoms with Crippen molar-refractivity contribution in [2.75, 3.05) is 0 Å². The van der Waals surface area contributed by atoms with Crippen molar-refractivity contribution in [3.8, 4) is 0 Å². The zero-order chi connectivity index (χ0) is 10.1. The molecule has 0 radical (unpaired) electrons. The van der Waals surface area contributed by atoms with Crippen LogP contribution in [-0.2, 0) is 0 Å². The molecule has 0 nitrogen and oxygen atoms in total. The van der Waals surface area contributed by atoms with Gasteiger partial charge in [-0.15, -0.1) is 22.7 Å². The van der Waals surface area contributed by atoms with Crippen molar-refractivity contribution in [2.45, 2.75) is 11.8 Å². The van der Waals surface area contributed by atoms with Gasteiger partial charge in [-0.05, 0) is 40.4 Å². The first-order valence-corrected chi connectivity index (χ1v) is 7.52. The molecule has 0 bridgehead atoms. The van der Waals surface area contributed by atoms with Crippen molar-refractivity contribution in [3.05, 3.63) is 42.7 Å². The normalized spacial score (nSPS) is 13.1. The Kier molecular flexibility index (Phi) is 3.47. The van der Waals surface area contributed by atoms with E-state index in [1.165, 1.54) is 19.1 Å². The highest BCUT2D eigenvalue weighted by Crippen LogP contribution is 2.41. The Bertz CT molecular complexity index is 417. The molecule has 74 valence electrons. The highest BCUT2D eigenvalue weighted by molar-refractivity contribution is 9.11. The van der Waals surface area contributed by atoms with Crippen LogP contribution in [0.25, 0.3) is 0 Å². The van der Waals surface area contributed by atoms with Gasteiger partial charge < -0.3 is 0 Å². The smallest absolute Gasteiger partial charge is 0.0842 e. The average molecular weight is 352 g/mol. The summed E-state index contributed by atoms with van der Waals surface area (Å²) in [5.74, 6) is 0. The second-order valence-electron chi connectivity index (χ2n) is 2.95. The average Bonchev–Trinajstić information content (AvgIpc) is 2.73. The lowest BCUT2D eigenvalue weighted by Crippen LogP contribution is -1.84. The van der Waals surface area contributed by atoms with Gasteiger partial charge in [0, 0.05) is 19.1 Å². The summed E-state index contributed by atoms with van der Waals surface area (Å²) < 4.78 is 1.20. The predicted molar refractivity (Wildman–Crippen MR) is 71.8 cm³/mol. The van der Waals surface area contributed by atoms with Crippen LogP contribution in [0.15, 0.2) is 28.1 Å². The molecule has 2 aromatic heterocycles. The van der Waals surface area contributed by atoms with E-state index in [0.29, 0.717) is 4.83 Å². The molecule has 0 spiro atoms. The summed E-state index contributed by atoms with van der Waals surface area (Å²) in [5, 5.41) is 2.11. The van der Waals surface area contributed by atoms with Gasteiger partial charge in [-0.3, -0.25) is 0 Å². The first-order valence-electron chi connectivity index (χ1n) is 4.12. The second kappa shape index (κ2) is 4.47. The minimum Gasteiger partial charge on any atom is -0.147 e. The molecule has 2 rings (SSSR count). The van der Waals surface area contributed by atoms with Crippen LogP contribution in [0.5, 0.6) is 0 Å². The molecule has 0 saturated carbocycles. The van der Waals surface area contributed by atoms with E-state index in [2.05, 4.69) is 62.4 Å². The third-order valence-corrected chi connectivity index (χ3v) is 6.39. The van der Waals surface area contributed by atoms with Gasteiger partial charge in [-0.2, -0.15) is 0 Å². The molecule has 0 aliphatic heterocycles. The Hall–Kier alpha value is 0.360. The molecule has 0 fully saturated rings. The molecule has 1 atom stereocenters. The summed E-state index contributed by atoms with van der Waals surface area (Å²) in [5.41, 5.74) is 0. The lowest BCUT2D eigenvalue weighted by Gasteiger charge is -2.05. The monoisotopic (exact) mass is 350 g/mol. The van der Waals surface area contributed by atoms with E-state index in [0.717, 1.165) is 0 Å². The molecule has 0 aliphatic rings. The molecule has 4 heteroatoms. The third kappa shape index (κ3) is 2.13. The SMILES string of the molecule is Cc1cc(Br)c(C(Br)c2cccs2)s1. The fourth-order valence-electron chi connectivity index (χ4n) is 1.24. The molecular formula is C10H8Br2S2. The summed E-state index contributed by atoms with van der Waals surface area (Å²) in [4.78, 5) is 4.38. The van der Waals surface area contributed by atoms with Crippen molar-refractivity contribution < 1.29 is 0 Å². The topological polar surface area (TPSA) is 0 Å². The van der Waals surface area contributed by atoms with E-state index in [4.69, 9.17) is 0 Å². The summed E-state index contributed by atoms with van der Waals surface area (Å²) >= 11 is 10.9. The Morgan fingerprint density at radius 3 is 2.71 bits per heavy atom. The van der Waals surface area contributed by atoms with Crippen LogP contribution in [0.3, 0.4) is 0 Å². The highest BCUT2D eigenvalue weighted by atomic mass is 79.9.